The molecule has 0 aliphatic carbocycles. The molecule has 35 heavy (non-hydrogen) atoms. The Labute approximate surface area is 208 Å². The number of carbonyl (C=O) groups excluding carboxylic acids is 1. The van der Waals surface area contributed by atoms with E-state index in [1.54, 1.807) is 50.2 Å². The van der Waals surface area contributed by atoms with Crippen molar-refractivity contribution in [3.05, 3.63) is 87.7 Å². The summed E-state index contributed by atoms with van der Waals surface area (Å²) in [5.74, 6) is 0.205. The number of aromatic nitrogens is 4. The zero-order valence-corrected chi connectivity index (χ0v) is 20.8. The lowest BCUT2D eigenvalue weighted by Gasteiger charge is -2.13. The minimum absolute atomic E-state index is 0.178. The fraction of sp³-hybridized carbons (Fsp3) is 0.167. The highest BCUT2D eigenvalue weighted by molar-refractivity contribution is 7.92. The van der Waals surface area contributed by atoms with E-state index < -0.39 is 10.0 Å². The number of H-pyrrole nitrogens is 1. The third-order valence-electron chi connectivity index (χ3n) is 5.47. The number of hydrogen-bond acceptors (Lipinski definition) is 6. The van der Waals surface area contributed by atoms with Gasteiger partial charge < -0.3 is 5.32 Å². The Bertz CT molecular complexity index is 1500. The number of carbonyl (C=O) groups is 1. The number of amides is 1. The summed E-state index contributed by atoms with van der Waals surface area (Å²) in [5.41, 5.74) is 4.61. The highest BCUT2D eigenvalue weighted by Gasteiger charge is 2.19. The topological polar surface area (TPSA) is 130 Å². The molecule has 9 nitrogen and oxygen atoms in total. The van der Waals surface area contributed by atoms with Crippen LogP contribution in [0.3, 0.4) is 0 Å². The number of hydrogen-bond donors (Lipinski definition) is 3. The van der Waals surface area contributed by atoms with Crippen LogP contribution in [0.15, 0.2) is 59.5 Å². The van der Waals surface area contributed by atoms with E-state index in [1.165, 1.54) is 0 Å². The zero-order chi connectivity index (χ0) is 25.2. The molecule has 1 aromatic heterocycles. The lowest BCUT2D eigenvalue weighted by Crippen LogP contribution is -2.24. The average molecular weight is 511 g/mol. The minimum atomic E-state index is -3.81. The first-order valence-corrected chi connectivity index (χ1v) is 12.5. The van der Waals surface area contributed by atoms with E-state index in [4.69, 9.17) is 11.6 Å². The summed E-state index contributed by atoms with van der Waals surface area (Å²) in [7, 11) is -3.81. The monoisotopic (exact) mass is 510 g/mol. The number of nitrogens with zero attached hydrogens (tertiary/aromatic N) is 3. The number of aryl methyl sites for hydroxylation is 3. The first-order valence-electron chi connectivity index (χ1n) is 10.7. The number of halogens is 1. The fourth-order valence-electron chi connectivity index (χ4n) is 3.63. The SMILES string of the molecule is Cc1cc(S(=O)(=O)Nc2cccc(-c3ccc(C(=O)NCc4nnn[nH]4)c(C)c3)c2)c(C)cc1Cl. The van der Waals surface area contributed by atoms with E-state index in [1.807, 2.05) is 25.1 Å². The molecule has 4 rings (SSSR count). The zero-order valence-electron chi connectivity index (χ0n) is 19.3. The summed E-state index contributed by atoms with van der Waals surface area (Å²) >= 11 is 6.12. The van der Waals surface area contributed by atoms with Gasteiger partial charge in [0.2, 0.25) is 0 Å². The first kappa shape index (κ1) is 24.4. The van der Waals surface area contributed by atoms with Crippen LogP contribution in [-0.2, 0) is 16.6 Å². The van der Waals surface area contributed by atoms with Crippen molar-refractivity contribution >= 4 is 33.2 Å². The summed E-state index contributed by atoms with van der Waals surface area (Å²) in [4.78, 5) is 12.7. The molecule has 0 radical (unpaired) electrons. The van der Waals surface area contributed by atoms with Gasteiger partial charge in [-0.3, -0.25) is 9.52 Å². The van der Waals surface area contributed by atoms with Crippen LogP contribution in [0.5, 0.6) is 0 Å². The standard InChI is InChI=1S/C24H23ClN6O3S/c1-14-9-18(7-8-20(14)24(32)26-13-23-27-30-31-28-23)17-5-4-6-19(12-17)29-35(33,34)22-11-15(2)21(25)10-16(22)3/h4-12,29H,13H2,1-3H3,(H,26,32)(H,27,28,30,31). The molecule has 1 heterocycles. The number of sulfonamides is 1. The van der Waals surface area contributed by atoms with E-state index in [9.17, 15) is 13.2 Å². The van der Waals surface area contributed by atoms with E-state index in [-0.39, 0.29) is 17.3 Å². The Morgan fingerprint density at radius 1 is 0.971 bits per heavy atom. The molecule has 0 fully saturated rings. The van der Waals surface area contributed by atoms with Crippen molar-refractivity contribution in [2.75, 3.05) is 4.72 Å². The third kappa shape index (κ3) is 5.50. The number of benzene rings is 3. The molecule has 0 spiro atoms. The van der Waals surface area contributed by atoms with Crippen LogP contribution in [0.25, 0.3) is 11.1 Å². The van der Waals surface area contributed by atoms with Crippen LogP contribution >= 0.6 is 11.6 Å². The molecule has 3 N–H and O–H groups in total. The number of aromatic amines is 1. The van der Waals surface area contributed by atoms with E-state index in [0.717, 1.165) is 16.7 Å². The van der Waals surface area contributed by atoms with Crippen LogP contribution in [-0.4, -0.2) is 34.9 Å². The van der Waals surface area contributed by atoms with Crippen LogP contribution < -0.4 is 10.0 Å². The van der Waals surface area contributed by atoms with E-state index >= 15 is 0 Å². The van der Waals surface area contributed by atoms with Crippen LogP contribution in [0, 0.1) is 20.8 Å². The summed E-state index contributed by atoms with van der Waals surface area (Å²) in [5, 5.41) is 16.6. The van der Waals surface area contributed by atoms with Gasteiger partial charge in [0.15, 0.2) is 5.82 Å². The predicted octanol–water partition coefficient (Wildman–Crippen LogP) is 4.18. The Hall–Kier alpha value is -3.76. The van der Waals surface area contributed by atoms with Crippen molar-refractivity contribution < 1.29 is 13.2 Å². The highest BCUT2D eigenvalue weighted by Crippen LogP contribution is 2.28. The molecule has 11 heteroatoms. The second kappa shape index (κ2) is 9.85. The molecule has 0 aliphatic rings. The van der Waals surface area contributed by atoms with Crippen molar-refractivity contribution in [1.29, 1.82) is 0 Å². The van der Waals surface area contributed by atoms with Crippen molar-refractivity contribution in [3.63, 3.8) is 0 Å². The van der Waals surface area contributed by atoms with Gasteiger partial charge >= 0.3 is 0 Å². The highest BCUT2D eigenvalue weighted by atomic mass is 35.5. The molecule has 3 aromatic carbocycles. The van der Waals surface area contributed by atoms with Crippen molar-refractivity contribution in [2.24, 2.45) is 0 Å². The first-order chi connectivity index (χ1) is 16.6. The molecule has 0 saturated heterocycles. The average Bonchev–Trinajstić information content (AvgIpc) is 3.33. The minimum Gasteiger partial charge on any atom is -0.345 e. The molecule has 1 amide bonds. The van der Waals surface area contributed by atoms with Crippen LogP contribution in [0.1, 0.15) is 32.9 Å². The second-order valence-electron chi connectivity index (χ2n) is 8.11. The lowest BCUT2D eigenvalue weighted by atomic mass is 9.99. The Kier molecular flexibility index (Phi) is 6.86. The number of nitrogens with one attached hydrogen (secondary N) is 3. The van der Waals surface area contributed by atoms with Gasteiger partial charge in [-0.25, -0.2) is 13.5 Å². The number of rotatable bonds is 7. The van der Waals surface area contributed by atoms with Gasteiger partial charge in [-0.1, -0.05) is 35.9 Å². The Morgan fingerprint density at radius 3 is 2.46 bits per heavy atom. The van der Waals surface area contributed by atoms with Crippen molar-refractivity contribution in [1.82, 2.24) is 25.9 Å². The Morgan fingerprint density at radius 2 is 1.74 bits per heavy atom. The third-order valence-corrected chi connectivity index (χ3v) is 7.40. The van der Waals surface area contributed by atoms with Gasteiger partial charge in [0.05, 0.1) is 11.4 Å². The molecule has 0 atom stereocenters. The van der Waals surface area contributed by atoms with E-state index in [2.05, 4.69) is 30.7 Å². The molecule has 0 saturated carbocycles. The predicted molar refractivity (Wildman–Crippen MR) is 134 cm³/mol. The molecular formula is C24H23ClN6O3S. The van der Waals surface area contributed by atoms with Gasteiger partial charge in [0.1, 0.15) is 0 Å². The van der Waals surface area contributed by atoms with Gasteiger partial charge in [-0.15, -0.1) is 5.10 Å². The van der Waals surface area contributed by atoms with Crippen LogP contribution in [0.2, 0.25) is 5.02 Å². The molecule has 4 aromatic rings. The second-order valence-corrected chi connectivity index (χ2v) is 10.2. The maximum Gasteiger partial charge on any atom is 0.262 e. The quantitative estimate of drug-likeness (QED) is 0.342. The van der Waals surface area contributed by atoms with E-state index in [0.29, 0.717) is 33.2 Å². The molecule has 0 bridgehead atoms. The summed E-state index contributed by atoms with van der Waals surface area (Å²) in [6.07, 6.45) is 0. The Balaban J connectivity index is 1.54. The maximum atomic E-state index is 13.0. The fourth-order valence-corrected chi connectivity index (χ4v) is 5.21. The van der Waals surface area contributed by atoms with Gasteiger partial charge in [0.25, 0.3) is 15.9 Å². The van der Waals surface area contributed by atoms with Gasteiger partial charge in [-0.2, -0.15) is 0 Å². The van der Waals surface area contributed by atoms with Crippen molar-refractivity contribution in [2.45, 2.75) is 32.2 Å². The molecular weight excluding hydrogens is 488 g/mol. The molecule has 180 valence electrons. The van der Waals surface area contributed by atoms with Crippen LogP contribution in [0.4, 0.5) is 5.69 Å². The largest absolute Gasteiger partial charge is 0.345 e. The smallest absolute Gasteiger partial charge is 0.262 e. The molecule has 0 unspecified atom stereocenters. The summed E-state index contributed by atoms with van der Waals surface area (Å²) < 4.78 is 28.7. The molecule has 0 aliphatic heterocycles. The summed E-state index contributed by atoms with van der Waals surface area (Å²) in [6, 6.07) is 15.7. The number of anilines is 1. The maximum absolute atomic E-state index is 13.0. The normalized spacial score (nSPS) is 11.3. The lowest BCUT2D eigenvalue weighted by molar-refractivity contribution is 0.0949. The van der Waals surface area contributed by atoms with Gasteiger partial charge in [-0.05, 0) is 89.3 Å². The van der Waals surface area contributed by atoms with Crippen molar-refractivity contribution in [3.8, 4) is 11.1 Å². The number of tetrazole rings is 1. The summed E-state index contributed by atoms with van der Waals surface area (Å²) in [6.45, 7) is 5.49. The van der Waals surface area contributed by atoms with Gasteiger partial charge in [0, 0.05) is 16.3 Å².